The van der Waals surface area contributed by atoms with Gasteiger partial charge in [-0.3, -0.25) is 9.59 Å². The second-order valence-corrected chi connectivity index (χ2v) is 13.7. The van der Waals surface area contributed by atoms with Crippen LogP contribution in [0.1, 0.15) is 54.5 Å². The standard InChI is InChI=1S/C23H24ClN3O8S2/c24-15-3-6-18-17(11-15)26-23(35-18)13-1-4-16(5-2-13)25-22(29)19-7-8-20(34-19)37(32,33)27-21(28)14-9-10-36(30,31)12-14/h3,6-8,11,13-14,16H,1-2,4-5,9-10,12H2,(H,25,29)(H,27,28). The van der Waals surface area contributed by atoms with Crippen molar-refractivity contribution in [3.63, 3.8) is 0 Å². The highest BCUT2D eigenvalue weighted by Gasteiger charge is 2.36. The van der Waals surface area contributed by atoms with E-state index in [1.54, 1.807) is 18.2 Å². The van der Waals surface area contributed by atoms with E-state index in [2.05, 4.69) is 10.3 Å². The molecule has 0 spiro atoms. The first kappa shape index (κ1) is 25.7. The number of oxazole rings is 1. The van der Waals surface area contributed by atoms with Crippen molar-refractivity contribution in [1.82, 2.24) is 15.0 Å². The van der Waals surface area contributed by atoms with Crippen LogP contribution in [0.15, 0.2) is 44.3 Å². The zero-order chi connectivity index (χ0) is 26.4. The summed E-state index contributed by atoms with van der Waals surface area (Å²) in [5.74, 6) is -2.46. The number of halogens is 1. The number of carbonyl (C=O) groups is 2. The van der Waals surface area contributed by atoms with Crippen molar-refractivity contribution < 1.29 is 35.3 Å². The summed E-state index contributed by atoms with van der Waals surface area (Å²) >= 11 is 6.02. The Morgan fingerprint density at radius 3 is 2.49 bits per heavy atom. The van der Waals surface area contributed by atoms with E-state index in [1.165, 1.54) is 6.07 Å². The SMILES string of the molecule is O=C(NC1CCC(c2nc3cc(Cl)ccc3o2)CC1)c1ccc(S(=O)(=O)NC(=O)C2CCS(=O)(=O)C2)o1. The topological polar surface area (TPSA) is 166 Å². The van der Waals surface area contributed by atoms with Gasteiger partial charge in [0.15, 0.2) is 27.1 Å². The summed E-state index contributed by atoms with van der Waals surface area (Å²) < 4.78 is 61.1. The van der Waals surface area contributed by atoms with Gasteiger partial charge in [0.05, 0.1) is 17.4 Å². The summed E-state index contributed by atoms with van der Waals surface area (Å²) in [5.41, 5.74) is 1.37. The average molecular weight is 570 g/mol. The monoisotopic (exact) mass is 569 g/mol. The van der Waals surface area contributed by atoms with E-state index in [0.717, 1.165) is 18.9 Å². The van der Waals surface area contributed by atoms with Crippen LogP contribution >= 0.6 is 11.6 Å². The number of aromatic nitrogens is 1. The van der Waals surface area contributed by atoms with Crippen molar-refractivity contribution >= 4 is 54.4 Å². The maximum atomic E-state index is 12.7. The summed E-state index contributed by atoms with van der Waals surface area (Å²) in [5, 5.41) is 2.83. The molecule has 1 saturated carbocycles. The van der Waals surface area contributed by atoms with E-state index in [1.807, 2.05) is 4.72 Å². The lowest BCUT2D eigenvalue weighted by molar-refractivity contribution is -0.122. The quantitative estimate of drug-likeness (QED) is 0.454. The molecule has 11 nitrogen and oxygen atoms in total. The molecule has 2 N–H and O–H groups in total. The smallest absolute Gasteiger partial charge is 0.297 e. The molecule has 1 atom stereocenters. The van der Waals surface area contributed by atoms with Crippen molar-refractivity contribution in [1.29, 1.82) is 0 Å². The third-order valence-electron chi connectivity index (χ3n) is 6.69. The van der Waals surface area contributed by atoms with Gasteiger partial charge in [-0.1, -0.05) is 11.6 Å². The Labute approximate surface area is 217 Å². The predicted molar refractivity (Wildman–Crippen MR) is 132 cm³/mol. The van der Waals surface area contributed by atoms with Gasteiger partial charge in [0.2, 0.25) is 11.0 Å². The molecule has 37 heavy (non-hydrogen) atoms. The molecule has 1 aromatic carbocycles. The Bertz CT molecular complexity index is 1570. The van der Waals surface area contributed by atoms with Gasteiger partial charge in [-0.15, -0.1) is 0 Å². The van der Waals surface area contributed by atoms with Crippen molar-refractivity contribution in [3.05, 3.63) is 47.0 Å². The molecule has 2 aliphatic rings. The summed E-state index contributed by atoms with van der Waals surface area (Å²) in [4.78, 5) is 29.4. The summed E-state index contributed by atoms with van der Waals surface area (Å²) in [6.07, 6.45) is 2.88. The molecular formula is C23H24ClN3O8S2. The molecule has 0 bridgehead atoms. The van der Waals surface area contributed by atoms with Gasteiger partial charge < -0.3 is 14.2 Å². The number of hydrogen-bond donors (Lipinski definition) is 2. The van der Waals surface area contributed by atoms with Crippen molar-refractivity contribution in [2.45, 2.75) is 49.2 Å². The highest BCUT2D eigenvalue weighted by Crippen LogP contribution is 2.34. The maximum absolute atomic E-state index is 12.7. The van der Waals surface area contributed by atoms with Crippen LogP contribution in [-0.2, 0) is 24.7 Å². The number of sulfone groups is 1. The first-order chi connectivity index (χ1) is 17.5. The molecule has 198 valence electrons. The van der Waals surface area contributed by atoms with Crippen LogP contribution in [0.3, 0.4) is 0 Å². The van der Waals surface area contributed by atoms with Crippen LogP contribution in [0, 0.1) is 5.92 Å². The van der Waals surface area contributed by atoms with Crippen molar-refractivity contribution in [2.75, 3.05) is 11.5 Å². The maximum Gasteiger partial charge on any atom is 0.297 e. The highest BCUT2D eigenvalue weighted by molar-refractivity contribution is 7.91. The van der Waals surface area contributed by atoms with Gasteiger partial charge >= 0.3 is 0 Å². The van der Waals surface area contributed by atoms with Gasteiger partial charge in [0, 0.05) is 17.0 Å². The second kappa shape index (κ2) is 9.76. The van der Waals surface area contributed by atoms with Gasteiger partial charge in [-0.25, -0.2) is 18.1 Å². The van der Waals surface area contributed by atoms with E-state index < -0.39 is 48.4 Å². The van der Waals surface area contributed by atoms with Gasteiger partial charge in [0.1, 0.15) is 5.52 Å². The summed E-state index contributed by atoms with van der Waals surface area (Å²) in [6.45, 7) is 0. The Morgan fingerprint density at radius 2 is 1.78 bits per heavy atom. The molecule has 5 rings (SSSR count). The zero-order valence-corrected chi connectivity index (χ0v) is 21.9. The van der Waals surface area contributed by atoms with Crippen LogP contribution in [0.4, 0.5) is 0 Å². The second-order valence-electron chi connectivity index (χ2n) is 9.37. The van der Waals surface area contributed by atoms with Crippen LogP contribution < -0.4 is 10.0 Å². The molecule has 1 aliphatic heterocycles. The van der Waals surface area contributed by atoms with Crippen molar-refractivity contribution in [3.8, 4) is 0 Å². The fraction of sp³-hybridized carbons (Fsp3) is 0.435. The van der Waals surface area contributed by atoms with Crippen LogP contribution in [-0.4, -0.2) is 51.2 Å². The third-order valence-corrected chi connectivity index (χ3v) is 9.91. The fourth-order valence-electron chi connectivity index (χ4n) is 4.69. The van der Waals surface area contributed by atoms with Gasteiger partial charge in [0.25, 0.3) is 15.9 Å². The molecular weight excluding hydrogens is 546 g/mol. The zero-order valence-electron chi connectivity index (χ0n) is 19.5. The van der Waals surface area contributed by atoms with E-state index >= 15 is 0 Å². The molecule has 14 heteroatoms. The number of amides is 2. The number of rotatable bonds is 6. The third kappa shape index (κ3) is 5.68. The Morgan fingerprint density at radius 1 is 1.03 bits per heavy atom. The van der Waals surface area contributed by atoms with E-state index in [-0.39, 0.29) is 29.9 Å². The minimum atomic E-state index is -4.40. The molecule has 1 saturated heterocycles. The van der Waals surface area contributed by atoms with Gasteiger partial charge in [-0.05, 0) is 62.4 Å². The molecule has 3 aromatic rings. The Hall–Kier alpha value is -2.90. The molecule has 2 fully saturated rings. The first-order valence-electron chi connectivity index (χ1n) is 11.7. The number of nitrogens with one attached hydrogen (secondary N) is 2. The molecule has 0 radical (unpaired) electrons. The number of hydrogen-bond acceptors (Lipinski definition) is 9. The van der Waals surface area contributed by atoms with E-state index in [9.17, 15) is 26.4 Å². The number of sulfonamides is 1. The lowest BCUT2D eigenvalue weighted by atomic mass is 9.86. The lowest BCUT2D eigenvalue weighted by Gasteiger charge is -2.27. The lowest BCUT2D eigenvalue weighted by Crippen LogP contribution is -2.37. The number of furan rings is 1. The summed E-state index contributed by atoms with van der Waals surface area (Å²) in [7, 11) is -7.75. The predicted octanol–water partition coefficient (Wildman–Crippen LogP) is 2.77. The van der Waals surface area contributed by atoms with E-state index in [4.69, 9.17) is 20.4 Å². The molecule has 3 heterocycles. The molecule has 1 aliphatic carbocycles. The van der Waals surface area contributed by atoms with Crippen LogP contribution in [0.5, 0.6) is 0 Å². The Balaban J connectivity index is 1.16. The van der Waals surface area contributed by atoms with Crippen LogP contribution in [0.25, 0.3) is 11.1 Å². The highest BCUT2D eigenvalue weighted by atomic mass is 35.5. The number of benzene rings is 1. The largest absolute Gasteiger partial charge is 0.440 e. The first-order valence-corrected chi connectivity index (χ1v) is 15.4. The van der Waals surface area contributed by atoms with E-state index in [0.29, 0.717) is 34.9 Å². The van der Waals surface area contributed by atoms with Crippen molar-refractivity contribution in [2.24, 2.45) is 5.92 Å². The summed E-state index contributed by atoms with van der Waals surface area (Å²) in [6, 6.07) is 7.42. The number of nitrogens with zero attached hydrogens (tertiary/aromatic N) is 1. The molecule has 1 unspecified atom stereocenters. The van der Waals surface area contributed by atoms with Crippen LogP contribution in [0.2, 0.25) is 5.02 Å². The number of fused-ring (bicyclic) bond motifs is 1. The van der Waals surface area contributed by atoms with Gasteiger partial charge in [-0.2, -0.15) is 8.42 Å². The molecule has 2 aromatic heterocycles. The molecule has 2 amide bonds. The number of carbonyl (C=O) groups excluding carboxylic acids is 2. The fourth-order valence-corrected chi connectivity index (χ4v) is 7.58. The minimum absolute atomic E-state index is 0.0541. The minimum Gasteiger partial charge on any atom is -0.440 e. The normalized spacial score (nSPS) is 23.6. The average Bonchev–Trinajstić information content (AvgIpc) is 3.57. The Kier molecular flexibility index (Phi) is 6.79.